The van der Waals surface area contributed by atoms with Crippen molar-refractivity contribution in [3.8, 4) is 0 Å². The summed E-state index contributed by atoms with van der Waals surface area (Å²) in [6, 6.07) is 13.6. The number of carbonyl (C=O) groups is 2. The predicted octanol–water partition coefficient (Wildman–Crippen LogP) is 3.89. The minimum atomic E-state index is -0.404. The second-order valence-electron chi connectivity index (χ2n) is 5.64. The molecule has 0 spiro atoms. The fourth-order valence-corrected chi connectivity index (χ4v) is 3.11. The molecule has 0 aliphatic rings. The van der Waals surface area contributed by atoms with Crippen molar-refractivity contribution in [3.63, 3.8) is 0 Å². The van der Waals surface area contributed by atoms with Crippen LogP contribution in [-0.4, -0.2) is 24.2 Å². The maximum atomic E-state index is 11.9. The molecule has 0 atom stereocenters. The van der Waals surface area contributed by atoms with Gasteiger partial charge in [-0.1, -0.05) is 24.3 Å². The summed E-state index contributed by atoms with van der Waals surface area (Å²) in [5, 5.41) is 2.74. The minimum absolute atomic E-state index is 0.182. The smallest absolute Gasteiger partial charge is 0.316 e. The van der Waals surface area contributed by atoms with E-state index in [-0.39, 0.29) is 18.3 Å². The highest BCUT2D eigenvalue weighted by molar-refractivity contribution is 8.00. The van der Waals surface area contributed by atoms with Gasteiger partial charge in [0, 0.05) is 10.6 Å². The molecular formula is C19H21NO3S. The predicted molar refractivity (Wildman–Crippen MR) is 97.4 cm³/mol. The van der Waals surface area contributed by atoms with Gasteiger partial charge in [0.05, 0.1) is 5.75 Å². The van der Waals surface area contributed by atoms with Crippen LogP contribution in [0.1, 0.15) is 16.7 Å². The zero-order valence-electron chi connectivity index (χ0n) is 14.1. The Balaban J connectivity index is 1.77. The van der Waals surface area contributed by atoms with Crippen molar-refractivity contribution in [2.45, 2.75) is 25.7 Å². The number of rotatable bonds is 6. The van der Waals surface area contributed by atoms with E-state index >= 15 is 0 Å². The zero-order valence-corrected chi connectivity index (χ0v) is 14.9. The van der Waals surface area contributed by atoms with Gasteiger partial charge in [-0.3, -0.25) is 9.59 Å². The lowest BCUT2D eigenvalue weighted by Crippen LogP contribution is -2.21. The lowest BCUT2D eigenvalue weighted by Gasteiger charge is -2.09. The van der Waals surface area contributed by atoms with E-state index in [1.165, 1.54) is 11.8 Å². The molecule has 0 saturated carbocycles. The van der Waals surface area contributed by atoms with E-state index in [2.05, 4.69) is 5.32 Å². The van der Waals surface area contributed by atoms with Crippen molar-refractivity contribution < 1.29 is 14.3 Å². The number of hydrogen-bond donors (Lipinski definition) is 1. The van der Waals surface area contributed by atoms with Crippen LogP contribution in [0.4, 0.5) is 5.69 Å². The van der Waals surface area contributed by atoms with Crippen LogP contribution in [0.15, 0.2) is 47.4 Å². The van der Waals surface area contributed by atoms with Gasteiger partial charge in [0.15, 0.2) is 6.61 Å². The number of anilines is 1. The molecule has 0 radical (unpaired) electrons. The third kappa shape index (κ3) is 5.74. The highest BCUT2D eigenvalue weighted by Gasteiger charge is 2.09. The second kappa shape index (κ2) is 8.55. The van der Waals surface area contributed by atoms with Gasteiger partial charge < -0.3 is 10.1 Å². The first-order chi connectivity index (χ1) is 11.4. The quantitative estimate of drug-likeness (QED) is 0.639. The Kier molecular flexibility index (Phi) is 6.44. The van der Waals surface area contributed by atoms with E-state index in [1.807, 2.05) is 63.2 Å². The molecule has 0 fully saturated rings. The number of thioether (sulfide) groups is 1. The summed E-state index contributed by atoms with van der Waals surface area (Å²) in [5.74, 6) is -0.560. The van der Waals surface area contributed by atoms with E-state index in [9.17, 15) is 9.59 Å². The van der Waals surface area contributed by atoms with Crippen molar-refractivity contribution in [2.24, 2.45) is 0 Å². The average Bonchev–Trinajstić information content (AvgIpc) is 2.51. The fourth-order valence-electron chi connectivity index (χ4n) is 2.29. The molecule has 24 heavy (non-hydrogen) atoms. The number of aryl methyl sites for hydroxylation is 3. The van der Waals surface area contributed by atoms with Gasteiger partial charge in [0.25, 0.3) is 5.91 Å². The molecule has 2 aromatic carbocycles. The van der Waals surface area contributed by atoms with Crippen LogP contribution < -0.4 is 5.32 Å². The van der Waals surface area contributed by atoms with Gasteiger partial charge >= 0.3 is 5.97 Å². The van der Waals surface area contributed by atoms with Crippen LogP contribution in [0.3, 0.4) is 0 Å². The van der Waals surface area contributed by atoms with Crippen molar-refractivity contribution in [3.05, 3.63) is 59.2 Å². The monoisotopic (exact) mass is 343 g/mol. The molecule has 0 unspecified atom stereocenters. The lowest BCUT2D eigenvalue weighted by molar-refractivity contribution is -0.144. The molecule has 4 nitrogen and oxygen atoms in total. The Bertz CT molecular complexity index is 723. The Morgan fingerprint density at radius 3 is 2.38 bits per heavy atom. The van der Waals surface area contributed by atoms with E-state index in [0.29, 0.717) is 5.69 Å². The first-order valence-corrected chi connectivity index (χ1v) is 8.65. The maximum absolute atomic E-state index is 11.9. The zero-order chi connectivity index (χ0) is 17.5. The van der Waals surface area contributed by atoms with Crippen LogP contribution in [0.25, 0.3) is 0 Å². The molecule has 0 aromatic heterocycles. The van der Waals surface area contributed by atoms with E-state index in [4.69, 9.17) is 4.74 Å². The van der Waals surface area contributed by atoms with Crippen LogP contribution in [-0.2, 0) is 14.3 Å². The third-order valence-electron chi connectivity index (χ3n) is 3.31. The summed E-state index contributed by atoms with van der Waals surface area (Å²) in [4.78, 5) is 24.7. The molecule has 1 amide bonds. The third-order valence-corrected chi connectivity index (χ3v) is 4.46. The first kappa shape index (κ1) is 18.1. The van der Waals surface area contributed by atoms with E-state index in [1.54, 1.807) is 0 Å². The number of ether oxygens (including phenoxy) is 1. The van der Waals surface area contributed by atoms with Gasteiger partial charge in [-0.05, 0) is 55.7 Å². The normalized spacial score (nSPS) is 10.3. The van der Waals surface area contributed by atoms with E-state index in [0.717, 1.165) is 21.6 Å². The second-order valence-corrected chi connectivity index (χ2v) is 6.66. The Morgan fingerprint density at radius 1 is 1.04 bits per heavy atom. The molecule has 1 N–H and O–H groups in total. The van der Waals surface area contributed by atoms with Gasteiger partial charge in [0.1, 0.15) is 0 Å². The van der Waals surface area contributed by atoms with Crippen molar-refractivity contribution in [1.82, 2.24) is 0 Å². The average molecular weight is 343 g/mol. The summed E-state index contributed by atoms with van der Waals surface area (Å²) in [7, 11) is 0. The molecule has 0 heterocycles. The van der Waals surface area contributed by atoms with Gasteiger partial charge in [-0.2, -0.15) is 0 Å². The highest BCUT2D eigenvalue weighted by Crippen LogP contribution is 2.21. The molecule has 0 saturated heterocycles. The Morgan fingerprint density at radius 2 is 1.71 bits per heavy atom. The van der Waals surface area contributed by atoms with Crippen LogP contribution in [0, 0.1) is 20.8 Å². The van der Waals surface area contributed by atoms with Gasteiger partial charge in [-0.15, -0.1) is 11.8 Å². The molecule has 126 valence electrons. The topological polar surface area (TPSA) is 55.4 Å². The van der Waals surface area contributed by atoms with Crippen molar-refractivity contribution in [2.75, 3.05) is 17.7 Å². The number of amides is 1. The molecule has 2 rings (SSSR count). The summed E-state index contributed by atoms with van der Waals surface area (Å²) < 4.78 is 5.03. The molecular weight excluding hydrogens is 322 g/mol. The number of hydrogen-bond acceptors (Lipinski definition) is 4. The van der Waals surface area contributed by atoms with Gasteiger partial charge in [0.2, 0.25) is 0 Å². The molecule has 2 aromatic rings. The van der Waals surface area contributed by atoms with Gasteiger partial charge in [-0.25, -0.2) is 0 Å². The maximum Gasteiger partial charge on any atom is 0.316 e. The standard InChI is InChI=1S/C19H21NO3S/c1-13-8-14(2)10-16(9-13)20-18(21)11-23-19(22)12-24-17-7-5-4-6-15(17)3/h4-10H,11-12H2,1-3H3,(H,20,21). The number of benzene rings is 2. The van der Waals surface area contributed by atoms with Crippen LogP contribution in [0.2, 0.25) is 0 Å². The van der Waals surface area contributed by atoms with E-state index < -0.39 is 5.97 Å². The molecule has 0 aliphatic heterocycles. The fraction of sp³-hybridized carbons (Fsp3) is 0.263. The lowest BCUT2D eigenvalue weighted by atomic mass is 10.1. The molecule has 5 heteroatoms. The molecule has 0 bridgehead atoms. The largest absolute Gasteiger partial charge is 0.455 e. The van der Waals surface area contributed by atoms with Crippen molar-refractivity contribution >= 4 is 29.3 Å². The Hall–Kier alpha value is -2.27. The highest BCUT2D eigenvalue weighted by atomic mass is 32.2. The minimum Gasteiger partial charge on any atom is -0.455 e. The summed E-state index contributed by atoms with van der Waals surface area (Å²) in [5.41, 5.74) is 3.96. The SMILES string of the molecule is Cc1cc(C)cc(NC(=O)COC(=O)CSc2ccccc2C)c1. The number of esters is 1. The van der Waals surface area contributed by atoms with Crippen molar-refractivity contribution in [1.29, 1.82) is 0 Å². The summed E-state index contributed by atoms with van der Waals surface area (Å²) in [6.07, 6.45) is 0. The summed E-state index contributed by atoms with van der Waals surface area (Å²) >= 11 is 1.41. The number of nitrogens with one attached hydrogen (secondary N) is 1. The summed E-state index contributed by atoms with van der Waals surface area (Å²) in [6.45, 7) is 5.64. The van der Waals surface area contributed by atoms with Crippen LogP contribution >= 0.6 is 11.8 Å². The first-order valence-electron chi connectivity index (χ1n) is 7.66. The van der Waals surface area contributed by atoms with Crippen LogP contribution in [0.5, 0.6) is 0 Å². The number of carbonyl (C=O) groups excluding carboxylic acids is 2. The Labute approximate surface area is 146 Å². The molecule has 0 aliphatic carbocycles.